The van der Waals surface area contributed by atoms with Crippen molar-refractivity contribution in [2.24, 2.45) is 5.73 Å². The highest BCUT2D eigenvalue weighted by molar-refractivity contribution is 7.46. The molecule has 0 unspecified atom stereocenters. The average Bonchev–Trinajstić information content (AvgIpc) is 0.748. The van der Waals surface area contributed by atoms with E-state index in [9.17, 15) is 186 Å². The summed E-state index contributed by atoms with van der Waals surface area (Å²) in [6.07, 6.45) is -108. The van der Waals surface area contributed by atoms with Crippen molar-refractivity contribution in [1.29, 1.82) is 0 Å². The van der Waals surface area contributed by atoms with E-state index in [1.807, 2.05) is 0 Å². The van der Waals surface area contributed by atoms with Crippen molar-refractivity contribution in [1.82, 2.24) is 0 Å². The zero-order valence-electron chi connectivity index (χ0n) is 61.4. The second kappa shape index (κ2) is 41.6. The Bertz CT molecular complexity index is 3320. The number of hydrogen-bond acceptors (Lipinski definition) is 51. The maximum absolute atomic E-state index is 13.1. The van der Waals surface area contributed by atoms with Gasteiger partial charge in [-0.25, -0.2) is 18.5 Å². The smallest absolute Gasteiger partial charge is 0.470 e. The van der Waals surface area contributed by atoms with E-state index in [1.54, 1.807) is 0 Å². The molecule has 0 spiro atoms. The molecule has 0 saturated carbocycles. The molecule has 696 valence electrons. The Morgan fingerprint density at radius 1 is 0.387 bits per heavy atom. The molecule has 9 aliphatic heterocycles. The molecule has 0 bridgehead atoms. The van der Waals surface area contributed by atoms with E-state index >= 15 is 0 Å². The molecule has 47 atom stereocenters. The highest BCUT2D eigenvalue weighted by Gasteiger charge is 2.64. The van der Waals surface area contributed by atoms with Crippen LogP contribution in [0.25, 0.3) is 0 Å². The van der Waals surface area contributed by atoms with E-state index in [4.69, 9.17) is 95.3 Å². The molecule has 0 aromatic heterocycles. The first-order valence-corrected chi connectivity index (χ1v) is 40.7. The Morgan fingerprint density at radius 2 is 0.790 bits per heavy atom. The van der Waals surface area contributed by atoms with Gasteiger partial charge in [-0.3, -0.25) is 13.6 Å². The largest absolute Gasteiger partial charge is 0.477 e. The topological polar surface area (TPSA) is 946 Å². The number of carboxylic acids is 1. The van der Waals surface area contributed by atoms with E-state index in [-0.39, 0.29) is 0 Å². The first-order chi connectivity index (χ1) is 55.5. The number of aliphatic carboxylic acids is 1. The second-order valence-corrected chi connectivity index (χ2v) is 32.6. The summed E-state index contributed by atoms with van der Waals surface area (Å²) in [5.74, 6) is -5.76. The van der Waals surface area contributed by atoms with Crippen molar-refractivity contribution in [3.05, 3.63) is 0 Å². The van der Waals surface area contributed by atoms with Crippen LogP contribution < -0.4 is 5.73 Å². The molecule has 0 radical (unpaired) electrons. The van der Waals surface area contributed by atoms with Gasteiger partial charge in [0.2, 0.25) is 0 Å². The maximum atomic E-state index is 13.1. The number of phosphoric ester groups is 3. The van der Waals surface area contributed by atoms with Gasteiger partial charge >= 0.3 is 29.4 Å². The lowest BCUT2D eigenvalue weighted by Crippen LogP contribution is -2.71. The van der Waals surface area contributed by atoms with Gasteiger partial charge in [0.25, 0.3) is 5.79 Å². The van der Waals surface area contributed by atoms with Gasteiger partial charge in [-0.2, -0.15) is 0 Å². The number of hydrogen-bond donors (Lipinski definition) is 34. The maximum Gasteiger partial charge on any atom is 0.470 e. The third-order valence-electron chi connectivity index (χ3n) is 20.7. The van der Waals surface area contributed by atoms with Crippen LogP contribution in [0.4, 0.5) is 0 Å². The van der Waals surface area contributed by atoms with Crippen LogP contribution in [0.5, 0.6) is 0 Å². The summed E-state index contributed by atoms with van der Waals surface area (Å²) in [5, 5.41) is 295. The lowest BCUT2D eigenvalue weighted by atomic mass is 9.91. The SMILES string of the molecule is C[C@@H]1O[C@@H](OC[C@H]2O[C@H](O[C@@H]3[C@H](O[C@@H]4O[C@H](CO[C@H]5O[C@H](CO)[C@@H](O)[C@H](O)[C@H]5O)[C@@H](O)[C@H](O)[C@H]4O)[C@@H](N)[C@@H](O[C@@H]4[C@H](O)[C@@H](O[C@H]5[C@H](OP(=O)(O)O)[C@@H]([C@H](CO)OP(=O)(O)O)O[C@H](O[C@H]6[C@@H]([C@H](O)CO)O[C@@](O)(C(=O)O)C[C@H]6O)[C@H]5OP(=O)(O)O)O[C@H]([C@@H](O)CO)[C@H]4O)O[C@@H]3CO)[C@H](O)[C@H](O)[C@@H]2O)[C@H](O[C@@H]2O[C@H](CO)[C@@H](O)[C@H](O)[C@H]2O)[C@H](O)[C@H]1O. The molecule has 58 nitrogen and oxygen atoms in total. The third kappa shape index (κ3) is 23.2. The van der Waals surface area contributed by atoms with Crippen LogP contribution in [0, 0.1) is 0 Å². The van der Waals surface area contributed by atoms with E-state index in [0.717, 1.165) is 0 Å². The minimum absolute atomic E-state index is 0.968. The van der Waals surface area contributed by atoms with Crippen molar-refractivity contribution in [2.45, 2.75) is 301 Å². The molecular weight excluding hydrogens is 1720 g/mol. The molecule has 61 heteroatoms. The molecule has 35 N–H and O–H groups in total. The first-order valence-electron chi connectivity index (χ1n) is 36.1. The van der Waals surface area contributed by atoms with Crippen molar-refractivity contribution in [3.63, 3.8) is 0 Å². The predicted octanol–water partition coefficient (Wildman–Crippen LogP) is -20.7. The Hall–Kier alpha value is -1.96. The fraction of sp³-hybridized carbons (Fsp3) is 0.983. The fourth-order valence-corrected chi connectivity index (χ4v) is 16.0. The molecule has 9 fully saturated rings. The quantitative estimate of drug-likeness (QED) is 0.0266. The van der Waals surface area contributed by atoms with Gasteiger partial charge in [-0.05, 0) is 6.92 Å². The molecule has 0 aliphatic carbocycles. The number of aliphatic hydroxyl groups excluding tert-OH is 25. The lowest BCUT2D eigenvalue weighted by molar-refractivity contribution is -0.399. The van der Waals surface area contributed by atoms with Crippen LogP contribution in [-0.4, -0.2) is 514 Å². The van der Waals surface area contributed by atoms with Gasteiger partial charge in [0.05, 0.1) is 71.1 Å². The van der Waals surface area contributed by atoms with Crippen molar-refractivity contribution in [3.8, 4) is 0 Å². The molecule has 9 saturated heterocycles. The zero-order valence-corrected chi connectivity index (χ0v) is 64.1. The number of rotatable bonds is 34. The highest BCUT2D eigenvalue weighted by Crippen LogP contribution is 2.51. The highest BCUT2D eigenvalue weighted by atomic mass is 31.2. The summed E-state index contributed by atoms with van der Waals surface area (Å²) in [6, 6.07) is -2.39. The van der Waals surface area contributed by atoms with E-state index in [1.165, 1.54) is 6.92 Å². The number of carbonyl (C=O) groups is 1. The number of phosphoric acid groups is 3. The molecule has 9 aliphatic rings. The second-order valence-electron chi connectivity index (χ2n) is 29.0. The van der Waals surface area contributed by atoms with Gasteiger partial charge in [0.1, 0.15) is 214 Å². The molecule has 0 aromatic rings. The molecular formula is C58H102NO57P3. The molecule has 9 heterocycles. The van der Waals surface area contributed by atoms with Crippen LogP contribution in [0.15, 0.2) is 0 Å². The summed E-state index contributed by atoms with van der Waals surface area (Å²) in [4.78, 5) is 74.0. The van der Waals surface area contributed by atoms with Crippen LogP contribution in [0.3, 0.4) is 0 Å². The third-order valence-corrected chi connectivity index (χ3v) is 22.3. The molecule has 0 amide bonds. The van der Waals surface area contributed by atoms with Crippen LogP contribution >= 0.6 is 23.5 Å². The van der Waals surface area contributed by atoms with Gasteiger partial charge < -0.3 is 253 Å². The summed E-state index contributed by atoms with van der Waals surface area (Å²) in [6.45, 7) is -9.16. The standard InChI is InChI=1S/C58H102NO57P3/c1-11-22(69)31(78)45(111-51-33(80)28(75)24(71)16(6-63)101-51)55(99-11)98-10-20-26(73)29(76)34(81)52(103-20)107-41-17(7-64)102-49(21(59)43(41)109-53-35(82)30(77)25(72)19(104-53)9-97-50-32(79)27(74)23(70)15(5-62)100-50)110-44-36(83)38(13(67)3-60)105-54(37(44)84)112-46-47(115-118(91,92)93)42(18(8-65)114-117(88,89)90)108-56(48(46)116-119(94,95)96)106-39-12(66)2-58(87,57(85)86)113-40(39)14(68)4-61/h11-56,60-84,87H,2-10,59H2,1H3,(H,85,86)(H2,88,89,90)(H2,91,92,93)(H2,94,95,96)/t11-,12+,13-,14+,15+,16+,17+,18-,19+,20+,21+,22-,23+,24+,25+,26+,27-,28-,29+,30-,31+,32+,33+,34+,35+,36+,37-,38+,39+,40+,41-,42+,43+,44-,45+,46-,47+,48-,49+,50-,51-,52+,53-,54+,55+,56-,58+/m0/s1. The summed E-state index contributed by atoms with van der Waals surface area (Å²) < 4.78 is 151. The van der Waals surface area contributed by atoms with E-state index in [2.05, 4.69) is 4.52 Å². The summed E-state index contributed by atoms with van der Waals surface area (Å²) in [5.41, 5.74) is 6.87. The number of carboxylic acid groups (broad SMARTS) is 1. The van der Waals surface area contributed by atoms with Crippen molar-refractivity contribution in [2.75, 3.05) is 52.9 Å². The van der Waals surface area contributed by atoms with Gasteiger partial charge in [0.15, 0.2) is 50.3 Å². The van der Waals surface area contributed by atoms with Crippen LogP contribution in [0.2, 0.25) is 0 Å². The van der Waals surface area contributed by atoms with Crippen molar-refractivity contribution < 1.29 is 280 Å². The minimum atomic E-state index is -6.39. The monoisotopic (exact) mass is 1820 g/mol. The number of aliphatic hydroxyl groups is 26. The zero-order chi connectivity index (χ0) is 88.6. The Morgan fingerprint density at radius 3 is 1.27 bits per heavy atom. The summed E-state index contributed by atoms with van der Waals surface area (Å²) in [7, 11) is -18.8. The molecule has 119 heavy (non-hydrogen) atoms. The Labute approximate surface area is 667 Å². The Balaban J connectivity index is 1.08. The molecule has 0 aromatic carbocycles. The van der Waals surface area contributed by atoms with Crippen molar-refractivity contribution >= 4 is 29.4 Å². The van der Waals surface area contributed by atoms with Crippen LogP contribution in [0.1, 0.15) is 13.3 Å². The molecule has 9 rings (SSSR count). The van der Waals surface area contributed by atoms with E-state index < -0.39 is 377 Å². The summed E-state index contributed by atoms with van der Waals surface area (Å²) >= 11 is 0. The normalized spacial score (nSPS) is 48.2. The number of ether oxygens (including phenoxy) is 17. The average molecular weight is 1820 g/mol. The first kappa shape index (κ1) is 101. The number of nitrogens with two attached hydrogens (primary N) is 1. The fourth-order valence-electron chi connectivity index (χ4n) is 14.4. The van der Waals surface area contributed by atoms with E-state index in [0.29, 0.717) is 0 Å². The van der Waals surface area contributed by atoms with Gasteiger partial charge in [-0.1, -0.05) is 0 Å². The van der Waals surface area contributed by atoms with Gasteiger partial charge in [0, 0.05) is 6.42 Å². The predicted molar refractivity (Wildman–Crippen MR) is 354 cm³/mol. The Kier molecular flexibility index (Phi) is 35.3. The lowest BCUT2D eigenvalue weighted by Gasteiger charge is -2.52. The van der Waals surface area contributed by atoms with Gasteiger partial charge in [-0.15, -0.1) is 0 Å². The minimum Gasteiger partial charge on any atom is -0.477 e. The van der Waals surface area contributed by atoms with Crippen LogP contribution in [-0.2, 0) is 113 Å².